The first-order valence-corrected chi connectivity index (χ1v) is 6.48. The van der Waals surface area contributed by atoms with Crippen LogP contribution in [0.3, 0.4) is 0 Å². The number of hydrogen-bond donors (Lipinski definition) is 1. The highest BCUT2D eigenvalue weighted by molar-refractivity contribution is 5.27. The summed E-state index contributed by atoms with van der Waals surface area (Å²) in [7, 11) is 3.74. The Bertz CT molecular complexity index is 307. The summed E-state index contributed by atoms with van der Waals surface area (Å²) in [6.45, 7) is 5.69. The molecule has 0 spiro atoms. The Labute approximate surface area is 105 Å². The molecular weight excluding hydrogens is 210 g/mol. The van der Waals surface area contributed by atoms with Gasteiger partial charge in [0.05, 0.1) is 7.11 Å². The van der Waals surface area contributed by atoms with Crippen LogP contribution in [0, 0.1) is 11.8 Å². The minimum absolute atomic E-state index is 0.707. The maximum atomic E-state index is 5.18. The van der Waals surface area contributed by atoms with Gasteiger partial charge in [-0.25, -0.2) is 0 Å². The Morgan fingerprint density at radius 1 is 1.24 bits per heavy atom. The van der Waals surface area contributed by atoms with Crippen LogP contribution in [0.2, 0.25) is 0 Å². The van der Waals surface area contributed by atoms with Crippen LogP contribution in [0.25, 0.3) is 0 Å². The zero-order chi connectivity index (χ0) is 12.7. The molecule has 1 rings (SSSR count). The minimum Gasteiger partial charge on any atom is -0.497 e. The number of methoxy groups -OCH3 is 1. The number of ether oxygens (including phenoxy) is 1. The fraction of sp³-hybridized carbons (Fsp3) is 0.600. The SMILES string of the molecule is CCC(C)C(CNC)Cc1ccc(OC)cc1. The number of benzene rings is 1. The molecule has 1 aromatic rings. The summed E-state index contributed by atoms with van der Waals surface area (Å²) in [5.74, 6) is 2.39. The van der Waals surface area contributed by atoms with Crippen molar-refractivity contribution in [2.45, 2.75) is 26.7 Å². The van der Waals surface area contributed by atoms with Gasteiger partial charge in [0.1, 0.15) is 5.75 Å². The molecule has 2 heteroatoms. The zero-order valence-electron chi connectivity index (χ0n) is 11.5. The Kier molecular flexibility index (Phi) is 6.06. The molecule has 17 heavy (non-hydrogen) atoms. The van der Waals surface area contributed by atoms with E-state index >= 15 is 0 Å². The lowest BCUT2D eigenvalue weighted by molar-refractivity contribution is 0.337. The van der Waals surface area contributed by atoms with E-state index in [0.29, 0.717) is 5.92 Å². The van der Waals surface area contributed by atoms with Crippen LogP contribution in [0.1, 0.15) is 25.8 Å². The molecular formula is C15H25NO. The van der Waals surface area contributed by atoms with E-state index in [2.05, 4.69) is 31.3 Å². The van der Waals surface area contributed by atoms with E-state index in [4.69, 9.17) is 4.74 Å². The quantitative estimate of drug-likeness (QED) is 0.784. The normalized spacial score (nSPS) is 14.4. The first-order valence-electron chi connectivity index (χ1n) is 6.48. The van der Waals surface area contributed by atoms with Gasteiger partial charge in [0.15, 0.2) is 0 Å². The minimum atomic E-state index is 0.707. The largest absolute Gasteiger partial charge is 0.497 e. The molecule has 0 aliphatic heterocycles. The summed E-state index contributed by atoms with van der Waals surface area (Å²) in [4.78, 5) is 0. The van der Waals surface area contributed by atoms with Crippen molar-refractivity contribution in [1.82, 2.24) is 5.32 Å². The fourth-order valence-corrected chi connectivity index (χ4v) is 2.13. The predicted molar refractivity (Wildman–Crippen MR) is 73.6 cm³/mol. The highest BCUT2D eigenvalue weighted by Crippen LogP contribution is 2.21. The average molecular weight is 235 g/mol. The van der Waals surface area contributed by atoms with Gasteiger partial charge >= 0.3 is 0 Å². The van der Waals surface area contributed by atoms with Gasteiger partial charge in [-0.15, -0.1) is 0 Å². The summed E-state index contributed by atoms with van der Waals surface area (Å²) in [6.07, 6.45) is 2.38. The van der Waals surface area contributed by atoms with Gasteiger partial charge < -0.3 is 10.1 Å². The molecule has 0 aliphatic carbocycles. The Hall–Kier alpha value is -1.02. The average Bonchev–Trinajstić information content (AvgIpc) is 2.38. The lowest BCUT2D eigenvalue weighted by atomic mass is 9.86. The van der Waals surface area contributed by atoms with Crippen molar-refractivity contribution in [3.8, 4) is 5.75 Å². The highest BCUT2D eigenvalue weighted by Gasteiger charge is 2.15. The van der Waals surface area contributed by atoms with E-state index in [9.17, 15) is 0 Å². The molecule has 0 saturated heterocycles. The lowest BCUT2D eigenvalue weighted by Crippen LogP contribution is -2.26. The van der Waals surface area contributed by atoms with E-state index in [0.717, 1.165) is 24.6 Å². The molecule has 0 radical (unpaired) electrons. The molecule has 96 valence electrons. The third-order valence-electron chi connectivity index (χ3n) is 3.57. The first kappa shape index (κ1) is 14.0. The second-order valence-corrected chi connectivity index (χ2v) is 4.76. The molecule has 0 amide bonds. The van der Waals surface area contributed by atoms with Gasteiger partial charge in [0, 0.05) is 0 Å². The van der Waals surface area contributed by atoms with Gasteiger partial charge in [0.25, 0.3) is 0 Å². The maximum Gasteiger partial charge on any atom is 0.118 e. The highest BCUT2D eigenvalue weighted by atomic mass is 16.5. The van der Waals surface area contributed by atoms with Crippen LogP contribution >= 0.6 is 0 Å². The van der Waals surface area contributed by atoms with Crippen molar-refractivity contribution < 1.29 is 4.74 Å². The van der Waals surface area contributed by atoms with E-state index in [1.165, 1.54) is 12.0 Å². The van der Waals surface area contributed by atoms with Crippen LogP contribution in [0.4, 0.5) is 0 Å². The fourth-order valence-electron chi connectivity index (χ4n) is 2.13. The molecule has 2 atom stereocenters. The second kappa shape index (κ2) is 7.33. The molecule has 0 saturated carbocycles. The first-order chi connectivity index (χ1) is 8.21. The van der Waals surface area contributed by atoms with Crippen molar-refractivity contribution in [3.05, 3.63) is 29.8 Å². The second-order valence-electron chi connectivity index (χ2n) is 4.76. The third-order valence-corrected chi connectivity index (χ3v) is 3.57. The summed E-state index contributed by atoms with van der Waals surface area (Å²) in [6, 6.07) is 8.43. The number of hydrogen-bond acceptors (Lipinski definition) is 2. The lowest BCUT2D eigenvalue weighted by Gasteiger charge is -2.22. The Morgan fingerprint density at radius 2 is 1.88 bits per heavy atom. The molecule has 1 N–H and O–H groups in total. The van der Waals surface area contributed by atoms with Gasteiger partial charge in [-0.05, 0) is 49.5 Å². The van der Waals surface area contributed by atoms with Gasteiger partial charge in [0.2, 0.25) is 0 Å². The van der Waals surface area contributed by atoms with Crippen LogP contribution in [0.5, 0.6) is 5.75 Å². The van der Waals surface area contributed by atoms with E-state index in [1.54, 1.807) is 7.11 Å². The molecule has 0 aliphatic rings. The zero-order valence-corrected chi connectivity index (χ0v) is 11.5. The van der Waals surface area contributed by atoms with Crippen molar-refractivity contribution in [3.63, 3.8) is 0 Å². The van der Waals surface area contributed by atoms with Crippen LogP contribution < -0.4 is 10.1 Å². The summed E-state index contributed by atoms with van der Waals surface area (Å²) in [5.41, 5.74) is 1.39. The van der Waals surface area contributed by atoms with Crippen molar-refractivity contribution in [1.29, 1.82) is 0 Å². The van der Waals surface area contributed by atoms with Crippen LogP contribution in [0.15, 0.2) is 24.3 Å². The van der Waals surface area contributed by atoms with E-state index in [-0.39, 0.29) is 0 Å². The van der Waals surface area contributed by atoms with Crippen LogP contribution in [-0.4, -0.2) is 20.7 Å². The van der Waals surface area contributed by atoms with E-state index in [1.807, 2.05) is 19.2 Å². The van der Waals surface area contributed by atoms with Crippen LogP contribution in [-0.2, 0) is 6.42 Å². The summed E-state index contributed by atoms with van der Waals surface area (Å²) < 4.78 is 5.18. The Morgan fingerprint density at radius 3 is 2.35 bits per heavy atom. The standard InChI is InChI=1S/C15H25NO/c1-5-12(2)14(11-16-3)10-13-6-8-15(17-4)9-7-13/h6-9,12,14,16H,5,10-11H2,1-4H3. The van der Waals surface area contributed by atoms with Crippen molar-refractivity contribution >= 4 is 0 Å². The topological polar surface area (TPSA) is 21.3 Å². The van der Waals surface area contributed by atoms with E-state index < -0.39 is 0 Å². The van der Waals surface area contributed by atoms with Gasteiger partial charge in [-0.2, -0.15) is 0 Å². The summed E-state index contributed by atoms with van der Waals surface area (Å²) in [5, 5.41) is 3.30. The third kappa shape index (κ3) is 4.39. The molecule has 1 aromatic carbocycles. The van der Waals surface area contributed by atoms with Crippen molar-refractivity contribution in [2.24, 2.45) is 11.8 Å². The number of rotatable bonds is 7. The smallest absolute Gasteiger partial charge is 0.118 e. The predicted octanol–water partition coefficient (Wildman–Crippen LogP) is 3.12. The Balaban J connectivity index is 2.64. The van der Waals surface area contributed by atoms with Gasteiger partial charge in [-0.3, -0.25) is 0 Å². The molecule has 0 heterocycles. The summed E-state index contributed by atoms with van der Waals surface area (Å²) >= 11 is 0. The molecule has 0 fully saturated rings. The van der Waals surface area contributed by atoms with Gasteiger partial charge in [-0.1, -0.05) is 32.4 Å². The van der Waals surface area contributed by atoms with Crippen molar-refractivity contribution in [2.75, 3.05) is 20.7 Å². The molecule has 2 unspecified atom stereocenters. The number of nitrogens with one attached hydrogen (secondary N) is 1. The maximum absolute atomic E-state index is 5.18. The monoisotopic (exact) mass is 235 g/mol. The molecule has 0 bridgehead atoms. The molecule has 0 aromatic heterocycles. The molecule has 2 nitrogen and oxygen atoms in total.